The van der Waals surface area contributed by atoms with E-state index in [1.54, 1.807) is 36.0 Å². The fourth-order valence-corrected chi connectivity index (χ4v) is 3.47. The number of benzene rings is 1. The molecule has 0 aliphatic carbocycles. The minimum absolute atomic E-state index is 0. The molecular formula is C13H23ClN2O2S2. The largest absolute Gasteiger partial charge is 0.329 e. The molecule has 1 aromatic carbocycles. The summed E-state index contributed by atoms with van der Waals surface area (Å²) in [6.07, 6.45) is 2.69. The van der Waals surface area contributed by atoms with Gasteiger partial charge in [0.2, 0.25) is 10.0 Å². The number of hydrogen-bond donors (Lipinski definition) is 2. The second-order valence-electron chi connectivity index (χ2n) is 4.86. The number of nitrogens with one attached hydrogen (secondary N) is 1. The van der Waals surface area contributed by atoms with E-state index in [2.05, 4.69) is 4.72 Å². The van der Waals surface area contributed by atoms with Crippen LogP contribution >= 0.6 is 24.2 Å². The lowest BCUT2D eigenvalue weighted by Crippen LogP contribution is -2.40. The van der Waals surface area contributed by atoms with Gasteiger partial charge in [-0.3, -0.25) is 0 Å². The molecule has 1 aromatic rings. The highest BCUT2D eigenvalue weighted by Gasteiger charge is 2.19. The van der Waals surface area contributed by atoms with Crippen LogP contribution in [0.2, 0.25) is 0 Å². The summed E-state index contributed by atoms with van der Waals surface area (Å²) in [5.41, 5.74) is 5.62. The van der Waals surface area contributed by atoms with Crippen LogP contribution in [-0.4, -0.2) is 27.3 Å². The van der Waals surface area contributed by atoms with Gasteiger partial charge in [-0.2, -0.15) is 0 Å². The second-order valence-corrected chi connectivity index (χ2v) is 7.45. The van der Waals surface area contributed by atoms with Crippen molar-refractivity contribution in [3.63, 3.8) is 0 Å². The lowest BCUT2D eigenvalue weighted by molar-refractivity contribution is 0.465. The van der Waals surface area contributed by atoms with Crippen LogP contribution in [0.1, 0.15) is 20.3 Å². The summed E-state index contributed by atoms with van der Waals surface area (Å²) in [7, 11) is -3.48. The van der Waals surface area contributed by atoms with E-state index >= 15 is 0 Å². The molecule has 1 rings (SSSR count). The highest BCUT2D eigenvalue weighted by Crippen LogP contribution is 2.18. The van der Waals surface area contributed by atoms with E-state index in [0.717, 1.165) is 11.3 Å². The van der Waals surface area contributed by atoms with E-state index < -0.39 is 10.0 Å². The van der Waals surface area contributed by atoms with E-state index in [-0.39, 0.29) is 23.3 Å². The Kier molecular flexibility index (Phi) is 8.77. The van der Waals surface area contributed by atoms with Crippen molar-refractivity contribution in [1.82, 2.24) is 4.72 Å². The predicted molar refractivity (Wildman–Crippen MR) is 88.1 cm³/mol. The smallest absolute Gasteiger partial charge is 0.240 e. The molecule has 0 radical (unpaired) electrons. The fourth-order valence-electron chi connectivity index (χ4n) is 1.80. The van der Waals surface area contributed by atoms with Crippen molar-refractivity contribution in [1.29, 1.82) is 0 Å². The summed E-state index contributed by atoms with van der Waals surface area (Å²) in [4.78, 5) is 1.32. The lowest BCUT2D eigenvalue weighted by atomic mass is 10.1. The summed E-state index contributed by atoms with van der Waals surface area (Å²) < 4.78 is 27.1. The Labute approximate surface area is 132 Å². The molecule has 0 fully saturated rings. The third kappa shape index (κ3) is 6.01. The second kappa shape index (κ2) is 8.89. The highest BCUT2D eigenvalue weighted by molar-refractivity contribution is 7.98. The molecule has 0 aromatic heterocycles. The molecule has 0 spiro atoms. The van der Waals surface area contributed by atoms with Crippen molar-refractivity contribution in [2.45, 2.75) is 36.1 Å². The zero-order valence-electron chi connectivity index (χ0n) is 12.0. The molecule has 116 valence electrons. The molecular weight excluding hydrogens is 316 g/mol. The molecule has 1 unspecified atom stereocenters. The van der Waals surface area contributed by atoms with Crippen molar-refractivity contribution >= 4 is 34.2 Å². The van der Waals surface area contributed by atoms with Crippen molar-refractivity contribution < 1.29 is 8.42 Å². The fraction of sp³-hybridized carbons (Fsp3) is 0.538. The normalized spacial score (nSPS) is 13.1. The molecule has 0 bridgehead atoms. The van der Waals surface area contributed by atoms with Gasteiger partial charge in [0, 0.05) is 17.5 Å². The van der Waals surface area contributed by atoms with Crippen molar-refractivity contribution in [2.75, 3.05) is 12.8 Å². The first-order valence-corrected chi connectivity index (χ1v) is 8.96. The van der Waals surface area contributed by atoms with Crippen LogP contribution in [-0.2, 0) is 10.0 Å². The van der Waals surface area contributed by atoms with E-state index in [1.165, 1.54) is 0 Å². The number of halogens is 1. The number of rotatable bonds is 7. The third-order valence-corrected chi connectivity index (χ3v) is 5.01. The Morgan fingerprint density at radius 2 is 1.80 bits per heavy atom. The van der Waals surface area contributed by atoms with Gasteiger partial charge in [-0.05, 0) is 42.9 Å². The van der Waals surface area contributed by atoms with Crippen LogP contribution in [0.3, 0.4) is 0 Å². The molecule has 1 atom stereocenters. The SMILES string of the molecule is CSc1ccc(S(=O)(=O)NC(CN)CC(C)C)cc1.Cl. The molecule has 0 heterocycles. The van der Waals surface area contributed by atoms with Gasteiger partial charge in [-0.15, -0.1) is 24.2 Å². The molecule has 0 saturated carbocycles. The summed E-state index contributed by atoms with van der Waals surface area (Å²) in [5, 5.41) is 0. The van der Waals surface area contributed by atoms with Crippen molar-refractivity contribution in [3.8, 4) is 0 Å². The van der Waals surface area contributed by atoms with Gasteiger partial charge in [-0.1, -0.05) is 13.8 Å². The maximum atomic E-state index is 12.2. The first-order valence-electron chi connectivity index (χ1n) is 6.25. The summed E-state index contributed by atoms with van der Waals surface area (Å²) >= 11 is 1.58. The average molecular weight is 339 g/mol. The van der Waals surface area contributed by atoms with Crippen LogP contribution < -0.4 is 10.5 Å². The molecule has 0 amide bonds. The van der Waals surface area contributed by atoms with Crippen molar-refractivity contribution in [2.24, 2.45) is 11.7 Å². The molecule has 0 saturated heterocycles. The van der Waals surface area contributed by atoms with E-state index in [9.17, 15) is 8.42 Å². The first-order chi connectivity index (χ1) is 8.89. The number of thioether (sulfide) groups is 1. The average Bonchev–Trinajstić information content (AvgIpc) is 2.37. The number of hydrogen-bond acceptors (Lipinski definition) is 4. The van der Waals surface area contributed by atoms with Gasteiger partial charge in [0.25, 0.3) is 0 Å². The monoisotopic (exact) mass is 338 g/mol. The Hall–Kier alpha value is -0.270. The van der Waals surface area contributed by atoms with Gasteiger partial charge in [0.05, 0.1) is 4.90 Å². The molecule has 20 heavy (non-hydrogen) atoms. The maximum absolute atomic E-state index is 12.2. The highest BCUT2D eigenvalue weighted by atomic mass is 35.5. The van der Waals surface area contributed by atoms with Crippen LogP contribution in [0.4, 0.5) is 0 Å². The third-order valence-electron chi connectivity index (χ3n) is 2.73. The minimum atomic E-state index is -3.48. The minimum Gasteiger partial charge on any atom is -0.329 e. The van der Waals surface area contributed by atoms with E-state index in [4.69, 9.17) is 5.73 Å². The quantitative estimate of drug-likeness (QED) is 0.749. The van der Waals surface area contributed by atoms with Gasteiger partial charge >= 0.3 is 0 Å². The van der Waals surface area contributed by atoms with Gasteiger partial charge in [-0.25, -0.2) is 13.1 Å². The van der Waals surface area contributed by atoms with Crippen LogP contribution in [0, 0.1) is 5.92 Å². The Balaban J connectivity index is 0.00000361. The molecule has 7 heteroatoms. The molecule has 0 aliphatic rings. The van der Waals surface area contributed by atoms with E-state index in [1.807, 2.05) is 20.1 Å². The van der Waals surface area contributed by atoms with Gasteiger partial charge in [0.1, 0.15) is 0 Å². The number of sulfonamides is 1. The van der Waals surface area contributed by atoms with Crippen LogP contribution in [0.25, 0.3) is 0 Å². The standard InChI is InChI=1S/C13H22N2O2S2.ClH/c1-10(2)8-11(9-14)15-19(16,17)13-6-4-12(18-3)5-7-13;/h4-7,10-11,15H,8-9,14H2,1-3H3;1H. The van der Waals surface area contributed by atoms with Crippen LogP contribution in [0.5, 0.6) is 0 Å². The Bertz CT molecular complexity index is 490. The number of nitrogens with two attached hydrogens (primary N) is 1. The molecule has 0 aliphatic heterocycles. The topological polar surface area (TPSA) is 72.2 Å². The summed E-state index contributed by atoms with van der Waals surface area (Å²) in [6, 6.07) is 6.64. The lowest BCUT2D eigenvalue weighted by Gasteiger charge is -2.18. The van der Waals surface area contributed by atoms with Gasteiger partial charge < -0.3 is 5.73 Å². The van der Waals surface area contributed by atoms with Crippen LogP contribution in [0.15, 0.2) is 34.1 Å². The zero-order valence-corrected chi connectivity index (χ0v) is 14.4. The zero-order chi connectivity index (χ0) is 14.5. The Morgan fingerprint density at radius 1 is 1.25 bits per heavy atom. The summed E-state index contributed by atoms with van der Waals surface area (Å²) in [5.74, 6) is 0.398. The van der Waals surface area contributed by atoms with E-state index in [0.29, 0.717) is 12.5 Å². The molecule has 4 nitrogen and oxygen atoms in total. The maximum Gasteiger partial charge on any atom is 0.240 e. The Morgan fingerprint density at radius 3 is 2.20 bits per heavy atom. The molecule has 3 N–H and O–H groups in total. The van der Waals surface area contributed by atoms with Gasteiger partial charge in [0.15, 0.2) is 0 Å². The predicted octanol–water partition coefficient (Wildman–Crippen LogP) is 2.48. The summed E-state index contributed by atoms with van der Waals surface area (Å²) in [6.45, 7) is 4.40. The van der Waals surface area contributed by atoms with Crippen molar-refractivity contribution in [3.05, 3.63) is 24.3 Å². The first kappa shape index (κ1) is 19.7.